The van der Waals surface area contributed by atoms with Crippen LogP contribution < -0.4 is 11.1 Å². The molecule has 0 saturated carbocycles. The van der Waals surface area contributed by atoms with Gasteiger partial charge in [-0.05, 0) is 25.1 Å². The molecule has 1 aromatic rings. The first-order valence-corrected chi connectivity index (χ1v) is 5.91. The fraction of sp³-hybridized carbons (Fsp3) is 0.333. The summed E-state index contributed by atoms with van der Waals surface area (Å²) in [5.74, 6) is -0.689. The summed E-state index contributed by atoms with van der Waals surface area (Å²) in [6.07, 6.45) is 0.131. The Labute approximate surface area is 110 Å². The number of nitrogens with two attached hydrogens (primary N) is 1. The molecule has 0 atom stereocenters. The monoisotopic (exact) mass is 270 g/mol. The van der Waals surface area contributed by atoms with E-state index in [-0.39, 0.29) is 29.9 Å². The van der Waals surface area contributed by atoms with Crippen LogP contribution in [-0.2, 0) is 9.53 Å². The van der Waals surface area contributed by atoms with Crippen molar-refractivity contribution in [3.05, 3.63) is 28.8 Å². The number of halogens is 1. The Balaban J connectivity index is 2.48. The normalized spacial score (nSPS) is 9.89. The molecule has 0 heterocycles. The standard InChI is InChI=1S/C12H15ClN2O3/c1-2-18-11(16)5-6-15-12(17)9-4-3-8(14)7-10(9)13/h3-4,7H,2,5-6,14H2,1H3,(H,15,17). The van der Waals surface area contributed by atoms with Gasteiger partial charge in [-0.1, -0.05) is 11.6 Å². The van der Waals surface area contributed by atoms with Crippen molar-refractivity contribution in [3.8, 4) is 0 Å². The number of nitrogen functional groups attached to an aromatic ring is 1. The maximum absolute atomic E-state index is 11.7. The maximum Gasteiger partial charge on any atom is 0.307 e. The minimum absolute atomic E-state index is 0.131. The van der Waals surface area contributed by atoms with Crippen molar-refractivity contribution in [2.75, 3.05) is 18.9 Å². The molecule has 1 amide bonds. The van der Waals surface area contributed by atoms with Crippen LogP contribution in [0.3, 0.4) is 0 Å². The lowest BCUT2D eigenvalue weighted by atomic mass is 10.2. The van der Waals surface area contributed by atoms with E-state index in [1.54, 1.807) is 13.0 Å². The van der Waals surface area contributed by atoms with Gasteiger partial charge >= 0.3 is 5.97 Å². The summed E-state index contributed by atoms with van der Waals surface area (Å²) in [4.78, 5) is 22.8. The third-order valence-electron chi connectivity index (χ3n) is 2.16. The zero-order valence-corrected chi connectivity index (χ0v) is 10.8. The Bertz CT molecular complexity index is 449. The second kappa shape index (κ2) is 6.86. The number of esters is 1. The number of hydrogen-bond donors (Lipinski definition) is 2. The number of carbonyl (C=O) groups is 2. The number of nitrogens with one attached hydrogen (secondary N) is 1. The van der Waals surface area contributed by atoms with Crippen LogP contribution in [0.2, 0.25) is 5.02 Å². The Hall–Kier alpha value is -1.75. The van der Waals surface area contributed by atoms with E-state index in [1.165, 1.54) is 12.1 Å². The van der Waals surface area contributed by atoms with Crippen LogP contribution in [0.25, 0.3) is 0 Å². The zero-order chi connectivity index (χ0) is 13.5. The molecule has 5 nitrogen and oxygen atoms in total. The average Bonchev–Trinajstić information content (AvgIpc) is 2.29. The molecule has 0 aliphatic rings. The summed E-state index contributed by atoms with van der Waals surface area (Å²) in [5, 5.41) is 2.86. The predicted molar refractivity (Wildman–Crippen MR) is 69.4 cm³/mol. The van der Waals surface area contributed by atoms with Crippen LogP contribution in [0.15, 0.2) is 18.2 Å². The number of benzene rings is 1. The van der Waals surface area contributed by atoms with Gasteiger partial charge in [-0.2, -0.15) is 0 Å². The summed E-state index contributed by atoms with van der Waals surface area (Å²) in [6, 6.07) is 4.63. The molecule has 0 aliphatic heterocycles. The highest BCUT2D eigenvalue weighted by molar-refractivity contribution is 6.34. The molecular weight excluding hydrogens is 256 g/mol. The summed E-state index contributed by atoms with van der Waals surface area (Å²) in [7, 11) is 0. The van der Waals surface area contributed by atoms with Gasteiger partial charge in [-0.15, -0.1) is 0 Å². The topological polar surface area (TPSA) is 81.4 Å². The molecule has 1 aromatic carbocycles. The van der Waals surface area contributed by atoms with Crippen molar-refractivity contribution < 1.29 is 14.3 Å². The maximum atomic E-state index is 11.7. The second-order valence-corrected chi connectivity index (χ2v) is 3.96. The first kappa shape index (κ1) is 14.3. The van der Waals surface area contributed by atoms with Gasteiger partial charge in [0.15, 0.2) is 0 Å². The highest BCUT2D eigenvalue weighted by Gasteiger charge is 2.10. The van der Waals surface area contributed by atoms with Crippen molar-refractivity contribution in [3.63, 3.8) is 0 Å². The molecule has 0 fully saturated rings. The van der Waals surface area contributed by atoms with E-state index in [9.17, 15) is 9.59 Å². The van der Waals surface area contributed by atoms with Gasteiger partial charge in [0, 0.05) is 12.2 Å². The smallest absolute Gasteiger partial charge is 0.307 e. The van der Waals surface area contributed by atoms with Crippen molar-refractivity contribution in [2.45, 2.75) is 13.3 Å². The van der Waals surface area contributed by atoms with E-state index in [4.69, 9.17) is 22.1 Å². The molecule has 98 valence electrons. The van der Waals surface area contributed by atoms with Crippen LogP contribution in [0, 0.1) is 0 Å². The minimum atomic E-state index is -0.346. The van der Waals surface area contributed by atoms with Crippen molar-refractivity contribution in [2.24, 2.45) is 0 Å². The van der Waals surface area contributed by atoms with Crippen LogP contribution in [0.1, 0.15) is 23.7 Å². The van der Waals surface area contributed by atoms with Gasteiger partial charge < -0.3 is 15.8 Å². The first-order valence-electron chi connectivity index (χ1n) is 5.53. The van der Waals surface area contributed by atoms with Gasteiger partial charge in [0.2, 0.25) is 0 Å². The molecule has 0 radical (unpaired) electrons. The Morgan fingerprint density at radius 2 is 2.17 bits per heavy atom. The molecule has 18 heavy (non-hydrogen) atoms. The highest BCUT2D eigenvalue weighted by Crippen LogP contribution is 2.18. The average molecular weight is 271 g/mol. The number of amides is 1. The highest BCUT2D eigenvalue weighted by atomic mass is 35.5. The first-order chi connectivity index (χ1) is 8.54. The van der Waals surface area contributed by atoms with E-state index >= 15 is 0 Å². The zero-order valence-electron chi connectivity index (χ0n) is 10.0. The van der Waals surface area contributed by atoms with Gasteiger partial charge in [-0.25, -0.2) is 0 Å². The Kier molecular flexibility index (Phi) is 5.45. The van der Waals surface area contributed by atoms with Gasteiger partial charge in [0.1, 0.15) is 0 Å². The van der Waals surface area contributed by atoms with Crippen molar-refractivity contribution in [1.82, 2.24) is 5.32 Å². The van der Waals surface area contributed by atoms with E-state index in [0.717, 1.165) is 0 Å². The van der Waals surface area contributed by atoms with Gasteiger partial charge in [0.05, 0.1) is 23.6 Å². The minimum Gasteiger partial charge on any atom is -0.466 e. The third-order valence-corrected chi connectivity index (χ3v) is 2.47. The SMILES string of the molecule is CCOC(=O)CCNC(=O)c1ccc(N)cc1Cl. The van der Waals surface area contributed by atoms with Crippen LogP contribution in [0.5, 0.6) is 0 Å². The largest absolute Gasteiger partial charge is 0.466 e. The van der Waals surface area contributed by atoms with Gasteiger partial charge in [0.25, 0.3) is 5.91 Å². The van der Waals surface area contributed by atoms with Gasteiger partial charge in [-0.3, -0.25) is 9.59 Å². The van der Waals surface area contributed by atoms with Crippen molar-refractivity contribution in [1.29, 1.82) is 0 Å². The molecule has 3 N–H and O–H groups in total. The summed E-state index contributed by atoms with van der Waals surface area (Å²) in [5.41, 5.74) is 6.34. The second-order valence-electron chi connectivity index (χ2n) is 3.55. The molecular formula is C12H15ClN2O3. The quantitative estimate of drug-likeness (QED) is 0.629. The summed E-state index contributed by atoms with van der Waals surface area (Å²) < 4.78 is 4.74. The fourth-order valence-electron chi connectivity index (χ4n) is 1.32. The molecule has 1 rings (SSSR count). The summed E-state index contributed by atoms with van der Waals surface area (Å²) >= 11 is 5.88. The molecule has 0 spiro atoms. The lowest BCUT2D eigenvalue weighted by Gasteiger charge is -2.07. The molecule has 0 bridgehead atoms. The lowest BCUT2D eigenvalue weighted by Crippen LogP contribution is -2.26. The molecule has 0 saturated heterocycles. The predicted octanol–water partition coefficient (Wildman–Crippen LogP) is 1.61. The van der Waals surface area contributed by atoms with E-state index in [2.05, 4.69) is 5.32 Å². The Morgan fingerprint density at radius 3 is 2.78 bits per heavy atom. The summed E-state index contributed by atoms with van der Waals surface area (Å²) in [6.45, 7) is 2.26. The van der Waals surface area contributed by atoms with E-state index < -0.39 is 0 Å². The number of rotatable bonds is 5. The molecule has 6 heteroatoms. The molecule has 0 aliphatic carbocycles. The number of anilines is 1. The number of carbonyl (C=O) groups excluding carboxylic acids is 2. The van der Waals surface area contributed by atoms with Crippen LogP contribution >= 0.6 is 11.6 Å². The number of ether oxygens (including phenoxy) is 1. The van der Waals surface area contributed by atoms with Crippen LogP contribution in [0.4, 0.5) is 5.69 Å². The van der Waals surface area contributed by atoms with E-state index in [0.29, 0.717) is 17.9 Å². The Morgan fingerprint density at radius 1 is 1.44 bits per heavy atom. The lowest BCUT2D eigenvalue weighted by molar-refractivity contribution is -0.142. The molecule has 0 aromatic heterocycles. The molecule has 0 unspecified atom stereocenters. The van der Waals surface area contributed by atoms with Crippen molar-refractivity contribution >= 4 is 29.2 Å². The third kappa shape index (κ3) is 4.25. The van der Waals surface area contributed by atoms with E-state index in [1.807, 2.05) is 0 Å². The van der Waals surface area contributed by atoms with Crippen LogP contribution in [-0.4, -0.2) is 25.0 Å². The number of hydrogen-bond acceptors (Lipinski definition) is 4. The fourth-order valence-corrected chi connectivity index (χ4v) is 1.60.